The number of amides is 1. The van der Waals surface area contributed by atoms with Crippen LogP contribution in [0.25, 0.3) is 22.2 Å². The lowest BCUT2D eigenvalue weighted by Crippen LogP contribution is -2.50. The standard InChI is InChI=1S/C27H26N4O4/c1-17-25-22(18-8-10-21(34-2)11-9-18)12-13-28-26(25)31(29-17)16-24(32)30-15-20-7-5-4-6-19(20)14-23(30)27(33)35-3/h4-13,23H,14-16H2,1-3H3. The largest absolute Gasteiger partial charge is 0.497 e. The normalized spacial score (nSPS) is 15.1. The van der Waals surface area contributed by atoms with Crippen LogP contribution in [0.3, 0.4) is 0 Å². The Bertz CT molecular complexity index is 1410. The maximum absolute atomic E-state index is 13.5. The second kappa shape index (κ2) is 9.21. The molecule has 0 bridgehead atoms. The number of ether oxygens (including phenoxy) is 2. The van der Waals surface area contributed by atoms with E-state index in [9.17, 15) is 9.59 Å². The molecule has 8 nitrogen and oxygen atoms in total. The van der Waals surface area contributed by atoms with Crippen LogP contribution < -0.4 is 4.74 Å². The summed E-state index contributed by atoms with van der Waals surface area (Å²) in [4.78, 5) is 32.2. The number of aryl methyl sites for hydroxylation is 1. The van der Waals surface area contributed by atoms with Crippen molar-refractivity contribution in [3.8, 4) is 16.9 Å². The number of aromatic nitrogens is 3. The highest BCUT2D eigenvalue weighted by atomic mass is 16.5. The molecule has 5 rings (SSSR count). The Morgan fingerprint density at radius 1 is 1.03 bits per heavy atom. The van der Waals surface area contributed by atoms with E-state index in [1.807, 2.05) is 61.5 Å². The molecule has 0 N–H and O–H groups in total. The summed E-state index contributed by atoms with van der Waals surface area (Å²) in [5.41, 5.74) is 5.47. The molecule has 0 spiro atoms. The molecule has 1 amide bonds. The maximum atomic E-state index is 13.5. The minimum atomic E-state index is -0.673. The van der Waals surface area contributed by atoms with Crippen LogP contribution in [0.4, 0.5) is 0 Å². The number of methoxy groups -OCH3 is 2. The zero-order valence-corrected chi connectivity index (χ0v) is 19.9. The average Bonchev–Trinajstić information content (AvgIpc) is 3.22. The highest BCUT2D eigenvalue weighted by molar-refractivity contribution is 5.95. The van der Waals surface area contributed by atoms with Crippen LogP contribution in [0.1, 0.15) is 16.8 Å². The quantitative estimate of drug-likeness (QED) is 0.415. The van der Waals surface area contributed by atoms with E-state index in [1.54, 1.807) is 22.9 Å². The summed E-state index contributed by atoms with van der Waals surface area (Å²) in [5.74, 6) is 0.144. The zero-order chi connectivity index (χ0) is 24.5. The van der Waals surface area contributed by atoms with E-state index in [1.165, 1.54) is 7.11 Å². The van der Waals surface area contributed by atoms with Crippen molar-refractivity contribution in [3.63, 3.8) is 0 Å². The topological polar surface area (TPSA) is 86.6 Å². The van der Waals surface area contributed by atoms with Gasteiger partial charge in [-0.05, 0) is 47.4 Å². The summed E-state index contributed by atoms with van der Waals surface area (Å²) in [5, 5.41) is 5.53. The van der Waals surface area contributed by atoms with Crippen molar-refractivity contribution in [1.82, 2.24) is 19.7 Å². The highest BCUT2D eigenvalue weighted by Crippen LogP contribution is 2.31. The number of hydrogen-bond acceptors (Lipinski definition) is 6. The molecule has 2 aromatic heterocycles. The van der Waals surface area contributed by atoms with Crippen LogP contribution in [0.5, 0.6) is 5.75 Å². The molecular formula is C27H26N4O4. The fourth-order valence-corrected chi connectivity index (χ4v) is 4.75. The van der Waals surface area contributed by atoms with E-state index in [-0.39, 0.29) is 12.5 Å². The van der Waals surface area contributed by atoms with Gasteiger partial charge in [-0.2, -0.15) is 5.10 Å². The van der Waals surface area contributed by atoms with Crippen LogP contribution in [-0.2, 0) is 33.8 Å². The Hall–Kier alpha value is -4.20. The van der Waals surface area contributed by atoms with Gasteiger partial charge in [-0.15, -0.1) is 0 Å². The lowest BCUT2D eigenvalue weighted by Gasteiger charge is -2.35. The Balaban J connectivity index is 1.48. The zero-order valence-electron chi connectivity index (χ0n) is 19.9. The van der Waals surface area contributed by atoms with Gasteiger partial charge in [-0.25, -0.2) is 14.5 Å². The first-order chi connectivity index (χ1) is 17.0. The molecule has 1 aliphatic heterocycles. The van der Waals surface area contributed by atoms with Crippen LogP contribution in [0.2, 0.25) is 0 Å². The average molecular weight is 471 g/mol. The molecule has 1 aliphatic rings. The summed E-state index contributed by atoms with van der Waals surface area (Å²) in [6.45, 7) is 2.23. The smallest absolute Gasteiger partial charge is 0.328 e. The van der Waals surface area contributed by atoms with Crippen molar-refractivity contribution in [1.29, 1.82) is 0 Å². The minimum absolute atomic E-state index is 0.0287. The van der Waals surface area contributed by atoms with Gasteiger partial charge in [0.15, 0.2) is 5.65 Å². The second-order valence-corrected chi connectivity index (χ2v) is 8.56. The number of nitrogens with zero attached hydrogens (tertiary/aromatic N) is 4. The van der Waals surface area contributed by atoms with Crippen molar-refractivity contribution in [3.05, 3.63) is 77.6 Å². The summed E-state index contributed by atoms with van der Waals surface area (Å²) >= 11 is 0. The highest BCUT2D eigenvalue weighted by Gasteiger charge is 2.35. The first-order valence-corrected chi connectivity index (χ1v) is 11.4. The van der Waals surface area contributed by atoms with Crippen molar-refractivity contribution in [2.24, 2.45) is 0 Å². The van der Waals surface area contributed by atoms with Gasteiger partial charge >= 0.3 is 5.97 Å². The molecular weight excluding hydrogens is 444 g/mol. The summed E-state index contributed by atoms with van der Waals surface area (Å²) in [7, 11) is 2.98. The fourth-order valence-electron chi connectivity index (χ4n) is 4.75. The second-order valence-electron chi connectivity index (χ2n) is 8.56. The van der Waals surface area contributed by atoms with E-state index < -0.39 is 12.0 Å². The van der Waals surface area contributed by atoms with Gasteiger partial charge in [-0.1, -0.05) is 36.4 Å². The molecule has 4 aromatic rings. The van der Waals surface area contributed by atoms with Gasteiger partial charge in [0.05, 0.1) is 19.9 Å². The van der Waals surface area contributed by atoms with E-state index in [0.717, 1.165) is 39.1 Å². The van der Waals surface area contributed by atoms with E-state index in [2.05, 4.69) is 10.1 Å². The third-order valence-electron chi connectivity index (χ3n) is 6.54. The molecule has 0 fully saturated rings. The van der Waals surface area contributed by atoms with Crippen molar-refractivity contribution in [2.75, 3.05) is 14.2 Å². The van der Waals surface area contributed by atoms with Crippen LogP contribution in [0, 0.1) is 6.92 Å². The number of pyridine rings is 1. The van der Waals surface area contributed by atoms with Gasteiger partial charge in [0.1, 0.15) is 18.3 Å². The van der Waals surface area contributed by atoms with Crippen molar-refractivity contribution in [2.45, 2.75) is 32.5 Å². The predicted octanol–water partition coefficient (Wildman–Crippen LogP) is 3.54. The van der Waals surface area contributed by atoms with Gasteiger partial charge in [-0.3, -0.25) is 4.79 Å². The molecule has 0 radical (unpaired) electrons. The number of benzene rings is 2. The molecule has 3 heterocycles. The number of carbonyl (C=O) groups excluding carboxylic acids is 2. The third kappa shape index (κ3) is 4.12. The number of rotatable bonds is 5. The molecule has 0 saturated carbocycles. The number of esters is 1. The van der Waals surface area contributed by atoms with E-state index >= 15 is 0 Å². The Morgan fingerprint density at radius 2 is 1.77 bits per heavy atom. The molecule has 2 aromatic carbocycles. The monoisotopic (exact) mass is 470 g/mol. The summed E-state index contributed by atoms with van der Waals surface area (Å²) in [6.07, 6.45) is 2.14. The molecule has 8 heteroatoms. The van der Waals surface area contributed by atoms with Gasteiger partial charge < -0.3 is 14.4 Å². The Morgan fingerprint density at radius 3 is 2.49 bits per heavy atom. The maximum Gasteiger partial charge on any atom is 0.328 e. The molecule has 1 atom stereocenters. The van der Waals surface area contributed by atoms with Crippen molar-refractivity contribution < 1.29 is 19.1 Å². The fraction of sp³-hybridized carbons (Fsp3) is 0.259. The van der Waals surface area contributed by atoms with Gasteiger partial charge in [0.2, 0.25) is 5.91 Å². The lowest BCUT2D eigenvalue weighted by molar-refractivity contribution is -0.154. The van der Waals surface area contributed by atoms with E-state index in [0.29, 0.717) is 18.6 Å². The number of carbonyl (C=O) groups is 2. The molecule has 0 saturated heterocycles. The summed E-state index contributed by atoms with van der Waals surface area (Å²) < 4.78 is 11.9. The first kappa shape index (κ1) is 22.6. The van der Waals surface area contributed by atoms with Gasteiger partial charge in [0, 0.05) is 24.5 Å². The SMILES string of the molecule is COC(=O)C1Cc2ccccc2CN1C(=O)Cn1nc(C)c2c(-c3ccc(OC)cc3)ccnc21. The summed E-state index contributed by atoms with van der Waals surface area (Å²) in [6, 6.07) is 16.9. The van der Waals surface area contributed by atoms with Crippen LogP contribution >= 0.6 is 0 Å². The molecule has 1 unspecified atom stereocenters. The Kier molecular flexibility index (Phi) is 5.94. The molecule has 0 aliphatic carbocycles. The van der Waals surface area contributed by atoms with Crippen LogP contribution in [-0.4, -0.2) is 51.8 Å². The third-order valence-corrected chi connectivity index (χ3v) is 6.54. The molecule has 35 heavy (non-hydrogen) atoms. The lowest BCUT2D eigenvalue weighted by atomic mass is 9.94. The van der Waals surface area contributed by atoms with E-state index in [4.69, 9.17) is 9.47 Å². The van der Waals surface area contributed by atoms with Crippen molar-refractivity contribution >= 4 is 22.9 Å². The number of fused-ring (bicyclic) bond motifs is 2. The Labute approximate surface area is 203 Å². The molecule has 178 valence electrons. The predicted molar refractivity (Wildman–Crippen MR) is 131 cm³/mol. The first-order valence-electron chi connectivity index (χ1n) is 11.4. The minimum Gasteiger partial charge on any atom is -0.497 e. The van der Waals surface area contributed by atoms with Crippen LogP contribution in [0.15, 0.2) is 60.8 Å². The number of hydrogen-bond donors (Lipinski definition) is 0. The van der Waals surface area contributed by atoms with Gasteiger partial charge in [0.25, 0.3) is 0 Å².